The molecule has 1 atom stereocenters. The molecule has 3 aromatic rings. The van der Waals surface area contributed by atoms with Crippen LogP contribution in [0.2, 0.25) is 0 Å². The highest BCUT2D eigenvalue weighted by Crippen LogP contribution is 2.34. The predicted octanol–water partition coefficient (Wildman–Crippen LogP) is 1.85. The van der Waals surface area contributed by atoms with Gasteiger partial charge in [0, 0.05) is 31.4 Å². The van der Waals surface area contributed by atoms with Crippen LogP contribution in [0.25, 0.3) is 10.9 Å². The van der Waals surface area contributed by atoms with E-state index in [4.69, 9.17) is 4.42 Å². The molecule has 158 valence electrons. The third-order valence-corrected chi connectivity index (χ3v) is 6.06. The van der Waals surface area contributed by atoms with E-state index in [2.05, 4.69) is 25.6 Å². The fourth-order valence-corrected chi connectivity index (χ4v) is 4.34. The van der Waals surface area contributed by atoms with E-state index in [1.54, 1.807) is 10.9 Å². The van der Waals surface area contributed by atoms with Gasteiger partial charge < -0.3 is 25.1 Å². The van der Waals surface area contributed by atoms with Crippen LogP contribution in [-0.2, 0) is 7.05 Å². The molecular weight excluding hydrogens is 384 g/mol. The maximum Gasteiger partial charge on any atom is 0.277 e. The molecule has 0 aliphatic carbocycles. The summed E-state index contributed by atoms with van der Waals surface area (Å²) in [6, 6.07) is 3.94. The first kappa shape index (κ1) is 19.1. The summed E-state index contributed by atoms with van der Waals surface area (Å²) in [4.78, 5) is 19.5. The number of aromatic nitrogens is 3. The van der Waals surface area contributed by atoms with E-state index in [-0.39, 0.29) is 23.6 Å². The van der Waals surface area contributed by atoms with Crippen LogP contribution < -0.4 is 15.5 Å². The largest absolute Gasteiger partial charge is 0.448 e. The van der Waals surface area contributed by atoms with E-state index >= 15 is 0 Å². The number of rotatable bonds is 4. The van der Waals surface area contributed by atoms with Gasteiger partial charge in [-0.2, -0.15) is 5.10 Å². The number of anilines is 2. The second-order valence-corrected chi connectivity index (χ2v) is 8.13. The summed E-state index contributed by atoms with van der Waals surface area (Å²) in [5.74, 6) is 0.577. The van der Waals surface area contributed by atoms with Crippen LogP contribution in [0.1, 0.15) is 41.6 Å². The highest BCUT2D eigenvalue weighted by Gasteiger charge is 2.26. The van der Waals surface area contributed by atoms with Crippen LogP contribution in [0.5, 0.6) is 0 Å². The van der Waals surface area contributed by atoms with Gasteiger partial charge in [-0.05, 0) is 44.5 Å². The number of hydrogen-bond acceptors (Lipinski definition) is 7. The number of amides is 1. The first-order chi connectivity index (χ1) is 14.6. The van der Waals surface area contributed by atoms with Gasteiger partial charge in [0.25, 0.3) is 5.91 Å². The Morgan fingerprint density at radius 3 is 2.90 bits per heavy atom. The second kappa shape index (κ2) is 7.73. The van der Waals surface area contributed by atoms with E-state index in [9.17, 15) is 9.90 Å². The average molecular weight is 410 g/mol. The van der Waals surface area contributed by atoms with Crippen LogP contribution in [-0.4, -0.2) is 58.1 Å². The molecule has 5 rings (SSSR count). The molecule has 4 heterocycles. The number of carbonyl (C=O) groups is 1. The Labute approximate surface area is 174 Å². The maximum atomic E-state index is 13.0. The van der Waals surface area contributed by atoms with Crippen molar-refractivity contribution in [1.82, 2.24) is 20.1 Å². The Morgan fingerprint density at radius 2 is 2.13 bits per heavy atom. The number of carbonyl (C=O) groups excluding carboxylic acids is 1. The standard InChI is InChI=1S/C21H26N6O3/c1-26-18-9-16(19(8-14(18)10-23-26)27-7-4-15(28)11-27)24-20(29)17-12-30-21(25-17)13-2-5-22-6-3-13/h8-10,12-13,15,22,28H,2-7,11H2,1H3,(H,24,29)/t15-/m0/s1. The monoisotopic (exact) mass is 410 g/mol. The summed E-state index contributed by atoms with van der Waals surface area (Å²) in [5.41, 5.74) is 2.75. The number of aliphatic hydroxyl groups excluding tert-OH is 1. The first-order valence-corrected chi connectivity index (χ1v) is 10.4. The Bertz CT molecular complexity index is 1070. The summed E-state index contributed by atoms with van der Waals surface area (Å²) in [7, 11) is 1.87. The molecule has 2 aromatic heterocycles. The van der Waals surface area contributed by atoms with Gasteiger partial charge in [-0.3, -0.25) is 9.48 Å². The van der Waals surface area contributed by atoms with Crippen LogP contribution in [0, 0.1) is 0 Å². The third kappa shape index (κ3) is 3.54. The van der Waals surface area contributed by atoms with E-state index in [0.717, 1.165) is 49.1 Å². The number of aryl methyl sites for hydroxylation is 1. The van der Waals surface area contributed by atoms with E-state index < -0.39 is 0 Å². The minimum atomic E-state index is -0.360. The summed E-state index contributed by atoms with van der Waals surface area (Å²) >= 11 is 0. The zero-order valence-corrected chi connectivity index (χ0v) is 17.0. The first-order valence-electron chi connectivity index (χ1n) is 10.4. The lowest BCUT2D eigenvalue weighted by molar-refractivity contribution is 0.102. The molecule has 0 unspecified atom stereocenters. The van der Waals surface area contributed by atoms with Crippen LogP contribution in [0.3, 0.4) is 0 Å². The average Bonchev–Trinajstić information content (AvgIpc) is 3.49. The van der Waals surface area contributed by atoms with E-state index in [1.807, 2.05) is 19.2 Å². The molecule has 2 aliphatic heterocycles. The molecule has 2 aliphatic rings. The number of oxazole rings is 1. The van der Waals surface area contributed by atoms with Gasteiger partial charge in [0.2, 0.25) is 0 Å². The van der Waals surface area contributed by atoms with Crippen molar-refractivity contribution in [1.29, 1.82) is 0 Å². The van der Waals surface area contributed by atoms with Gasteiger partial charge in [0.05, 0.1) is 29.2 Å². The molecule has 30 heavy (non-hydrogen) atoms. The molecule has 1 amide bonds. The fraction of sp³-hybridized carbons (Fsp3) is 0.476. The molecule has 1 aromatic carbocycles. The number of hydrogen-bond donors (Lipinski definition) is 3. The number of nitrogens with zero attached hydrogens (tertiary/aromatic N) is 4. The Morgan fingerprint density at radius 1 is 1.30 bits per heavy atom. The van der Waals surface area contributed by atoms with Gasteiger partial charge in [-0.1, -0.05) is 0 Å². The molecule has 2 saturated heterocycles. The van der Waals surface area contributed by atoms with Crippen molar-refractivity contribution in [3.8, 4) is 0 Å². The topological polar surface area (TPSA) is 108 Å². The van der Waals surface area contributed by atoms with Crippen LogP contribution in [0.15, 0.2) is 29.0 Å². The molecule has 9 nitrogen and oxygen atoms in total. The molecule has 3 N–H and O–H groups in total. The van der Waals surface area contributed by atoms with Crippen molar-refractivity contribution in [3.63, 3.8) is 0 Å². The quantitative estimate of drug-likeness (QED) is 0.602. The van der Waals surface area contributed by atoms with Gasteiger partial charge in [0.1, 0.15) is 6.26 Å². The Balaban J connectivity index is 1.43. The lowest BCUT2D eigenvalue weighted by Gasteiger charge is -2.22. The van der Waals surface area contributed by atoms with Crippen LogP contribution >= 0.6 is 0 Å². The predicted molar refractivity (Wildman–Crippen MR) is 113 cm³/mol. The highest BCUT2D eigenvalue weighted by atomic mass is 16.3. The lowest BCUT2D eigenvalue weighted by Crippen LogP contribution is -2.26. The zero-order chi connectivity index (χ0) is 20.7. The fourth-order valence-electron chi connectivity index (χ4n) is 4.34. The minimum Gasteiger partial charge on any atom is -0.448 e. The molecule has 0 bridgehead atoms. The van der Waals surface area contributed by atoms with Gasteiger partial charge in [-0.15, -0.1) is 0 Å². The summed E-state index contributed by atoms with van der Waals surface area (Å²) < 4.78 is 7.40. The second-order valence-electron chi connectivity index (χ2n) is 8.13. The van der Waals surface area contributed by atoms with Crippen molar-refractivity contribution >= 4 is 28.2 Å². The molecule has 9 heteroatoms. The Kier molecular flexibility index (Phi) is 4.92. The SMILES string of the molecule is Cn1ncc2cc(N3CC[C@H](O)C3)c(NC(=O)c3coc(C4CCNCC4)n3)cc21. The summed E-state index contributed by atoms with van der Waals surface area (Å²) in [5, 5.41) is 21.6. The molecule has 0 saturated carbocycles. The van der Waals surface area contributed by atoms with E-state index in [1.165, 1.54) is 6.26 Å². The Hall–Kier alpha value is -2.91. The zero-order valence-electron chi connectivity index (χ0n) is 17.0. The molecule has 2 fully saturated rings. The minimum absolute atomic E-state index is 0.250. The molecule has 0 spiro atoms. The number of β-amino-alcohol motifs (C(OH)–C–C–N with tert-alkyl or cyclic N) is 1. The highest BCUT2D eigenvalue weighted by molar-refractivity contribution is 6.06. The van der Waals surface area contributed by atoms with Crippen molar-refractivity contribution < 1.29 is 14.3 Å². The van der Waals surface area contributed by atoms with Gasteiger partial charge >= 0.3 is 0 Å². The van der Waals surface area contributed by atoms with E-state index in [0.29, 0.717) is 24.5 Å². The van der Waals surface area contributed by atoms with Crippen molar-refractivity contribution in [2.45, 2.75) is 31.3 Å². The third-order valence-electron chi connectivity index (χ3n) is 6.06. The van der Waals surface area contributed by atoms with Gasteiger partial charge in [-0.25, -0.2) is 4.98 Å². The normalized spacial score (nSPS) is 20.2. The van der Waals surface area contributed by atoms with Crippen LogP contribution in [0.4, 0.5) is 11.4 Å². The number of nitrogens with one attached hydrogen (secondary N) is 2. The maximum absolute atomic E-state index is 13.0. The number of fused-ring (bicyclic) bond motifs is 1. The number of aliphatic hydroxyl groups is 1. The van der Waals surface area contributed by atoms with Gasteiger partial charge in [0.15, 0.2) is 11.6 Å². The molecular formula is C21H26N6O3. The number of benzene rings is 1. The molecule has 0 radical (unpaired) electrons. The summed E-state index contributed by atoms with van der Waals surface area (Å²) in [6.45, 7) is 3.15. The smallest absolute Gasteiger partial charge is 0.277 e. The number of piperidine rings is 1. The van der Waals surface area contributed by atoms with Crippen molar-refractivity contribution in [2.24, 2.45) is 7.05 Å². The van der Waals surface area contributed by atoms with Crippen molar-refractivity contribution in [3.05, 3.63) is 36.2 Å². The lowest BCUT2D eigenvalue weighted by atomic mass is 9.98. The summed E-state index contributed by atoms with van der Waals surface area (Å²) in [6.07, 6.45) is 5.51. The van der Waals surface area contributed by atoms with Crippen molar-refractivity contribution in [2.75, 3.05) is 36.4 Å².